The molecule has 0 heterocycles. The average Bonchev–Trinajstić information content (AvgIpc) is 3.04. The van der Waals surface area contributed by atoms with E-state index in [2.05, 4.69) is 47.6 Å². The van der Waals surface area contributed by atoms with Crippen LogP contribution >= 0.6 is 11.8 Å². The Hall–Kier alpha value is -0.470. The van der Waals surface area contributed by atoms with Crippen molar-refractivity contribution in [3.63, 3.8) is 0 Å². The molecular weight excluding hydrogens is 274 g/mol. The third kappa shape index (κ3) is 2.77. The Morgan fingerprint density at radius 1 is 0.952 bits per heavy atom. The highest BCUT2D eigenvalue weighted by atomic mass is 32.2. The van der Waals surface area contributed by atoms with E-state index in [1.54, 1.807) is 11.1 Å². The standard InChI is InChI=1S/C19H27NS/c1-21-18-9-8-17(12-18)20-19-15-6-7-16(19)11-14-5-3-2-4-13(14)10-15/h2-5,15-20H,6-12H2,1H3. The molecule has 0 saturated heterocycles. The van der Waals surface area contributed by atoms with Crippen LogP contribution in [0.4, 0.5) is 0 Å². The quantitative estimate of drug-likeness (QED) is 0.904. The van der Waals surface area contributed by atoms with Gasteiger partial charge >= 0.3 is 0 Å². The van der Waals surface area contributed by atoms with Gasteiger partial charge in [0.1, 0.15) is 0 Å². The Labute approximate surface area is 133 Å². The fraction of sp³-hybridized carbons (Fsp3) is 0.684. The van der Waals surface area contributed by atoms with Crippen molar-refractivity contribution < 1.29 is 0 Å². The lowest BCUT2D eigenvalue weighted by Gasteiger charge is -2.27. The van der Waals surface area contributed by atoms with E-state index in [-0.39, 0.29) is 0 Å². The summed E-state index contributed by atoms with van der Waals surface area (Å²) in [6.45, 7) is 0. The largest absolute Gasteiger partial charge is 0.311 e. The van der Waals surface area contributed by atoms with E-state index in [4.69, 9.17) is 0 Å². The van der Waals surface area contributed by atoms with E-state index in [1.807, 2.05) is 0 Å². The van der Waals surface area contributed by atoms with Crippen LogP contribution in [0.15, 0.2) is 24.3 Å². The summed E-state index contributed by atoms with van der Waals surface area (Å²) in [5, 5.41) is 5.01. The second-order valence-corrected chi connectivity index (χ2v) is 8.47. The van der Waals surface area contributed by atoms with Crippen molar-refractivity contribution in [3.8, 4) is 0 Å². The molecule has 1 aromatic rings. The molecule has 2 fully saturated rings. The van der Waals surface area contributed by atoms with Crippen LogP contribution in [0.1, 0.15) is 43.2 Å². The smallest absolute Gasteiger partial charge is 0.0132 e. The molecule has 0 aromatic heterocycles. The van der Waals surface area contributed by atoms with Crippen LogP contribution in [0, 0.1) is 11.8 Å². The van der Waals surface area contributed by atoms with Gasteiger partial charge in [0.2, 0.25) is 0 Å². The SMILES string of the molecule is CSC1CCC(NC2C3CCC2Cc2ccccc2C3)C1. The molecule has 4 rings (SSSR count). The molecule has 3 aliphatic rings. The van der Waals surface area contributed by atoms with Gasteiger partial charge in [-0.15, -0.1) is 0 Å². The highest BCUT2D eigenvalue weighted by molar-refractivity contribution is 7.99. The summed E-state index contributed by atoms with van der Waals surface area (Å²) in [6.07, 6.45) is 12.0. The molecule has 2 bridgehead atoms. The summed E-state index contributed by atoms with van der Waals surface area (Å²) in [6, 6.07) is 10.7. The van der Waals surface area contributed by atoms with Crippen LogP contribution in [-0.4, -0.2) is 23.6 Å². The minimum atomic E-state index is 0.781. The number of hydrogen-bond donors (Lipinski definition) is 1. The summed E-state index contributed by atoms with van der Waals surface area (Å²) in [5.74, 6) is 1.76. The zero-order valence-corrected chi connectivity index (χ0v) is 13.9. The lowest BCUT2D eigenvalue weighted by Crippen LogP contribution is -2.43. The Balaban J connectivity index is 1.48. The Bertz CT molecular complexity index is 467. The van der Waals surface area contributed by atoms with Gasteiger partial charge in [-0.25, -0.2) is 0 Å². The third-order valence-corrected chi connectivity index (χ3v) is 7.25. The third-order valence-electron chi connectivity index (χ3n) is 6.15. The van der Waals surface area contributed by atoms with Gasteiger partial charge in [-0.2, -0.15) is 11.8 Å². The summed E-state index contributed by atoms with van der Waals surface area (Å²) in [7, 11) is 0. The second-order valence-electron chi connectivity index (χ2n) is 7.33. The first-order chi connectivity index (χ1) is 10.3. The highest BCUT2D eigenvalue weighted by Gasteiger charge is 2.40. The minimum absolute atomic E-state index is 0.781. The molecule has 2 saturated carbocycles. The van der Waals surface area contributed by atoms with E-state index in [0.717, 1.165) is 29.2 Å². The maximum Gasteiger partial charge on any atom is 0.0132 e. The number of nitrogens with one attached hydrogen (secondary N) is 1. The molecular formula is C19H27NS. The van der Waals surface area contributed by atoms with Crippen molar-refractivity contribution in [2.24, 2.45) is 11.8 Å². The molecule has 0 amide bonds. The van der Waals surface area contributed by atoms with Gasteiger partial charge in [0.25, 0.3) is 0 Å². The second kappa shape index (κ2) is 5.96. The Morgan fingerprint density at radius 2 is 1.62 bits per heavy atom. The van der Waals surface area contributed by atoms with Gasteiger partial charge in [0.05, 0.1) is 0 Å². The molecule has 1 nitrogen and oxygen atoms in total. The van der Waals surface area contributed by atoms with Crippen LogP contribution in [0.3, 0.4) is 0 Å². The van der Waals surface area contributed by atoms with Crippen LogP contribution in [0.25, 0.3) is 0 Å². The zero-order valence-electron chi connectivity index (χ0n) is 13.1. The van der Waals surface area contributed by atoms with E-state index in [9.17, 15) is 0 Å². The van der Waals surface area contributed by atoms with Crippen LogP contribution in [0.5, 0.6) is 0 Å². The molecule has 0 aliphatic heterocycles. The fourth-order valence-electron chi connectivity index (χ4n) is 5.00. The highest BCUT2D eigenvalue weighted by Crippen LogP contribution is 2.41. The lowest BCUT2D eigenvalue weighted by atomic mass is 9.94. The molecule has 1 N–H and O–H groups in total. The van der Waals surface area contributed by atoms with Crippen molar-refractivity contribution >= 4 is 11.8 Å². The fourth-order valence-corrected chi connectivity index (χ4v) is 5.80. The monoisotopic (exact) mass is 301 g/mol. The van der Waals surface area contributed by atoms with Gasteiger partial charge < -0.3 is 5.32 Å². The minimum Gasteiger partial charge on any atom is -0.311 e. The van der Waals surface area contributed by atoms with E-state index in [1.165, 1.54) is 44.9 Å². The van der Waals surface area contributed by atoms with Crippen molar-refractivity contribution in [1.29, 1.82) is 0 Å². The summed E-state index contributed by atoms with van der Waals surface area (Å²) >= 11 is 2.07. The first-order valence-electron chi connectivity index (χ1n) is 8.69. The number of hydrogen-bond acceptors (Lipinski definition) is 2. The maximum absolute atomic E-state index is 4.11. The topological polar surface area (TPSA) is 12.0 Å². The zero-order chi connectivity index (χ0) is 14.2. The van der Waals surface area contributed by atoms with Gasteiger partial charge in [-0.1, -0.05) is 24.3 Å². The van der Waals surface area contributed by atoms with Crippen molar-refractivity contribution in [2.45, 2.75) is 62.3 Å². The van der Waals surface area contributed by atoms with Gasteiger partial charge in [-0.3, -0.25) is 0 Å². The Kier molecular flexibility index (Phi) is 4.02. The predicted octanol–water partition coefficient (Wildman–Crippen LogP) is 4.05. The molecule has 21 heavy (non-hydrogen) atoms. The van der Waals surface area contributed by atoms with Crippen LogP contribution in [-0.2, 0) is 12.8 Å². The van der Waals surface area contributed by atoms with Gasteiger partial charge in [0.15, 0.2) is 0 Å². The van der Waals surface area contributed by atoms with E-state index >= 15 is 0 Å². The molecule has 114 valence electrons. The van der Waals surface area contributed by atoms with Gasteiger partial charge in [-0.05, 0) is 74.2 Å². The molecule has 1 aromatic carbocycles. The summed E-state index contributed by atoms with van der Waals surface area (Å²) < 4.78 is 0. The molecule has 2 heteroatoms. The first kappa shape index (κ1) is 14.1. The molecule has 3 aliphatic carbocycles. The van der Waals surface area contributed by atoms with Crippen molar-refractivity contribution in [2.75, 3.05) is 6.26 Å². The number of rotatable bonds is 3. The molecule has 0 spiro atoms. The normalized spacial score (nSPS) is 38.2. The number of thioether (sulfide) groups is 1. The van der Waals surface area contributed by atoms with Crippen LogP contribution in [0.2, 0.25) is 0 Å². The van der Waals surface area contributed by atoms with Crippen LogP contribution < -0.4 is 5.32 Å². The average molecular weight is 301 g/mol. The molecule has 4 unspecified atom stereocenters. The van der Waals surface area contributed by atoms with Crippen molar-refractivity contribution in [3.05, 3.63) is 35.4 Å². The molecule has 4 atom stereocenters. The van der Waals surface area contributed by atoms with Gasteiger partial charge in [0, 0.05) is 17.3 Å². The lowest BCUT2D eigenvalue weighted by molar-refractivity contribution is 0.306. The maximum atomic E-state index is 4.11. The molecule has 0 radical (unpaired) electrons. The van der Waals surface area contributed by atoms with E-state index in [0.29, 0.717) is 0 Å². The number of benzene rings is 1. The Morgan fingerprint density at radius 3 is 2.19 bits per heavy atom. The predicted molar refractivity (Wildman–Crippen MR) is 91.9 cm³/mol. The van der Waals surface area contributed by atoms with Crippen molar-refractivity contribution in [1.82, 2.24) is 5.32 Å². The number of fused-ring (bicyclic) bond motifs is 3. The summed E-state index contributed by atoms with van der Waals surface area (Å²) in [4.78, 5) is 0. The van der Waals surface area contributed by atoms with E-state index < -0.39 is 0 Å². The first-order valence-corrected chi connectivity index (χ1v) is 9.98. The summed E-state index contributed by atoms with van der Waals surface area (Å²) in [5.41, 5.74) is 3.26.